The molecule has 0 radical (unpaired) electrons. The topological polar surface area (TPSA) is 107 Å². The van der Waals surface area contributed by atoms with Gasteiger partial charge in [-0.15, -0.1) is 0 Å². The monoisotopic (exact) mass is 489 g/mol. The fraction of sp³-hybridized carbons (Fsp3) is 0.136. The minimum absolute atomic E-state index is 0.000956. The van der Waals surface area contributed by atoms with Gasteiger partial charge < -0.3 is 21.1 Å². The Kier molecular flexibility index (Phi) is 7.74. The van der Waals surface area contributed by atoms with Crippen molar-refractivity contribution in [3.05, 3.63) is 80.9 Å². The molecule has 0 aliphatic carbocycles. The summed E-state index contributed by atoms with van der Waals surface area (Å²) in [6.07, 6.45) is 2.76. The van der Waals surface area contributed by atoms with Crippen LogP contribution < -0.4 is 21.1 Å². The Balaban J connectivity index is 1.98. The summed E-state index contributed by atoms with van der Waals surface area (Å²) in [6.45, 7) is 2.21. The number of amides is 1. The largest absolute Gasteiger partial charge is 0.497 e. The van der Waals surface area contributed by atoms with Gasteiger partial charge in [0.25, 0.3) is 5.91 Å². The van der Waals surface area contributed by atoms with E-state index in [1.807, 2.05) is 43.3 Å². The molecule has 0 bridgehead atoms. The Morgan fingerprint density at radius 3 is 2.59 bits per heavy atom. The molecule has 166 valence electrons. The van der Waals surface area contributed by atoms with Crippen LogP contribution >= 0.6 is 34.5 Å². The van der Waals surface area contributed by atoms with E-state index in [0.717, 1.165) is 28.2 Å². The van der Waals surface area contributed by atoms with Crippen molar-refractivity contribution in [2.75, 3.05) is 12.0 Å². The summed E-state index contributed by atoms with van der Waals surface area (Å²) in [7, 11) is 1.60. The maximum atomic E-state index is 13.5. The fourth-order valence-electron chi connectivity index (χ4n) is 2.96. The Morgan fingerprint density at radius 2 is 1.97 bits per heavy atom. The Bertz CT molecular complexity index is 1150. The van der Waals surface area contributed by atoms with Crippen molar-refractivity contribution in [3.8, 4) is 5.75 Å². The number of methoxy groups -OCH3 is 1. The average molecular weight is 490 g/mol. The van der Waals surface area contributed by atoms with Crippen LogP contribution in [0.1, 0.15) is 20.8 Å². The first-order valence-electron chi connectivity index (χ1n) is 9.41. The second kappa shape index (κ2) is 10.5. The van der Waals surface area contributed by atoms with Gasteiger partial charge in [-0.1, -0.05) is 58.8 Å². The van der Waals surface area contributed by atoms with Crippen LogP contribution in [0.25, 0.3) is 0 Å². The lowest BCUT2D eigenvalue weighted by Crippen LogP contribution is -2.30. The molecule has 0 spiro atoms. The van der Waals surface area contributed by atoms with E-state index < -0.39 is 0 Å². The van der Waals surface area contributed by atoms with Crippen molar-refractivity contribution >= 4 is 57.1 Å². The van der Waals surface area contributed by atoms with Gasteiger partial charge in [0.2, 0.25) is 5.13 Å². The van der Waals surface area contributed by atoms with Gasteiger partial charge in [0.05, 0.1) is 30.6 Å². The van der Waals surface area contributed by atoms with E-state index in [0.29, 0.717) is 27.3 Å². The molecule has 1 heterocycles. The molecule has 7 nitrogen and oxygen atoms in total. The van der Waals surface area contributed by atoms with Crippen LogP contribution in [0.5, 0.6) is 5.75 Å². The number of aliphatic imine (C=N–C) groups is 1. The highest BCUT2D eigenvalue weighted by Crippen LogP contribution is 2.33. The lowest BCUT2D eigenvalue weighted by Gasteiger charge is -2.25. The molecule has 1 aromatic heterocycles. The standard InChI is InChI=1S/C22H21Cl2N5O2S/c1-13-4-3-5-16(23)20(13)29(12-14-6-8-15(31-2)9-7-14)21(30)17-11-27-22(32-17)28-19(26)10-18(24)25/h3-11H,12,25H2,1-2H3,(H2,26,27,28). The summed E-state index contributed by atoms with van der Waals surface area (Å²) in [6, 6.07) is 13.0. The quantitative estimate of drug-likeness (QED) is 0.276. The van der Waals surface area contributed by atoms with Gasteiger partial charge in [-0.3, -0.25) is 4.79 Å². The van der Waals surface area contributed by atoms with Crippen molar-refractivity contribution < 1.29 is 9.53 Å². The number of hydrogen-bond acceptors (Lipinski definition) is 6. The molecule has 3 rings (SSSR count). The minimum Gasteiger partial charge on any atom is -0.497 e. The first-order chi connectivity index (χ1) is 15.3. The number of aromatic nitrogens is 1. The highest BCUT2D eigenvalue weighted by molar-refractivity contribution is 7.17. The van der Waals surface area contributed by atoms with Crippen LogP contribution in [-0.4, -0.2) is 23.8 Å². The van der Waals surface area contributed by atoms with Crippen LogP contribution in [0.15, 0.2) is 64.9 Å². The van der Waals surface area contributed by atoms with Crippen molar-refractivity contribution in [1.82, 2.24) is 4.98 Å². The lowest BCUT2D eigenvalue weighted by molar-refractivity contribution is 0.0988. The number of halogens is 2. The molecular formula is C22H21Cl2N5O2S. The molecule has 4 N–H and O–H groups in total. The zero-order valence-electron chi connectivity index (χ0n) is 17.4. The minimum atomic E-state index is -0.262. The molecule has 1 amide bonds. The van der Waals surface area contributed by atoms with Crippen LogP contribution in [0.2, 0.25) is 5.02 Å². The molecule has 10 heteroatoms. The lowest BCUT2D eigenvalue weighted by atomic mass is 10.1. The molecule has 0 saturated carbocycles. The molecule has 0 atom stereocenters. The van der Waals surface area contributed by atoms with E-state index in [4.69, 9.17) is 39.4 Å². The average Bonchev–Trinajstić information content (AvgIpc) is 3.20. The fourth-order valence-corrected chi connectivity index (χ4v) is 4.16. The predicted molar refractivity (Wildman–Crippen MR) is 131 cm³/mol. The number of para-hydroxylation sites is 1. The van der Waals surface area contributed by atoms with E-state index >= 15 is 0 Å². The number of nitrogens with zero attached hydrogens (tertiary/aromatic N) is 3. The van der Waals surface area contributed by atoms with Gasteiger partial charge in [0.1, 0.15) is 21.6 Å². The number of thiazole rings is 1. The van der Waals surface area contributed by atoms with Crippen molar-refractivity contribution in [1.29, 1.82) is 0 Å². The van der Waals surface area contributed by atoms with Crippen molar-refractivity contribution in [2.45, 2.75) is 13.5 Å². The van der Waals surface area contributed by atoms with E-state index in [-0.39, 0.29) is 16.9 Å². The van der Waals surface area contributed by atoms with Crippen LogP contribution in [0, 0.1) is 6.92 Å². The van der Waals surface area contributed by atoms with Crippen LogP contribution in [0.3, 0.4) is 0 Å². The van der Waals surface area contributed by atoms with E-state index in [1.165, 1.54) is 12.3 Å². The highest BCUT2D eigenvalue weighted by Gasteiger charge is 2.24. The van der Waals surface area contributed by atoms with E-state index in [1.54, 1.807) is 18.1 Å². The number of carbonyl (C=O) groups excluding carboxylic acids is 1. The van der Waals surface area contributed by atoms with Gasteiger partial charge in [0, 0.05) is 6.08 Å². The van der Waals surface area contributed by atoms with Crippen LogP contribution in [-0.2, 0) is 6.54 Å². The maximum absolute atomic E-state index is 13.5. The molecule has 2 aromatic carbocycles. The first-order valence-corrected chi connectivity index (χ1v) is 11.0. The summed E-state index contributed by atoms with van der Waals surface area (Å²) in [4.78, 5) is 23.8. The summed E-state index contributed by atoms with van der Waals surface area (Å²) in [5.41, 5.74) is 13.6. The van der Waals surface area contributed by atoms with Crippen molar-refractivity contribution in [2.24, 2.45) is 16.5 Å². The van der Waals surface area contributed by atoms with Crippen LogP contribution in [0.4, 0.5) is 10.8 Å². The zero-order chi connectivity index (χ0) is 23.3. The predicted octanol–water partition coefficient (Wildman–Crippen LogP) is 4.99. The molecule has 0 aliphatic heterocycles. The number of hydrogen-bond donors (Lipinski definition) is 2. The van der Waals surface area contributed by atoms with Gasteiger partial charge in [-0.05, 0) is 36.2 Å². The number of carbonyl (C=O) groups is 1. The summed E-state index contributed by atoms with van der Waals surface area (Å²) in [5.74, 6) is 0.555. The number of ether oxygens (including phenoxy) is 1. The molecule has 0 aliphatic rings. The molecule has 0 unspecified atom stereocenters. The molecular weight excluding hydrogens is 469 g/mol. The SMILES string of the molecule is COc1ccc(CN(C(=O)c2cnc(N=C(N)C=C(N)Cl)s2)c2c(C)cccc2Cl)cc1. The number of nitrogens with two attached hydrogens (primary N) is 2. The second-order valence-electron chi connectivity index (χ2n) is 6.72. The normalized spacial score (nSPS) is 12.0. The van der Waals surface area contributed by atoms with E-state index in [2.05, 4.69) is 9.98 Å². The number of aryl methyl sites for hydroxylation is 1. The smallest absolute Gasteiger partial charge is 0.270 e. The van der Waals surface area contributed by atoms with Crippen molar-refractivity contribution in [3.63, 3.8) is 0 Å². The van der Waals surface area contributed by atoms with E-state index in [9.17, 15) is 4.79 Å². The maximum Gasteiger partial charge on any atom is 0.270 e. The second-order valence-corrected chi connectivity index (χ2v) is 8.57. The van der Waals surface area contributed by atoms with Gasteiger partial charge in [0.15, 0.2) is 0 Å². The zero-order valence-corrected chi connectivity index (χ0v) is 19.7. The Hall–Kier alpha value is -3.07. The van der Waals surface area contributed by atoms with Gasteiger partial charge in [-0.25, -0.2) is 9.98 Å². The third-order valence-electron chi connectivity index (χ3n) is 4.42. The molecule has 3 aromatic rings. The Labute approximate surface area is 199 Å². The number of benzene rings is 2. The number of amidine groups is 1. The van der Waals surface area contributed by atoms with Gasteiger partial charge >= 0.3 is 0 Å². The van der Waals surface area contributed by atoms with Gasteiger partial charge in [-0.2, -0.15) is 0 Å². The Morgan fingerprint density at radius 1 is 1.25 bits per heavy atom. The molecule has 32 heavy (non-hydrogen) atoms. The highest BCUT2D eigenvalue weighted by atomic mass is 35.5. The first kappa shape index (κ1) is 23.6. The third kappa shape index (κ3) is 5.79. The summed E-state index contributed by atoms with van der Waals surface area (Å²) in [5, 5.41) is 0.779. The summed E-state index contributed by atoms with van der Waals surface area (Å²) < 4.78 is 5.22. The number of rotatable bonds is 7. The summed E-state index contributed by atoms with van der Waals surface area (Å²) >= 11 is 13.2. The molecule has 0 saturated heterocycles. The number of anilines is 1. The molecule has 0 fully saturated rings. The third-order valence-corrected chi connectivity index (χ3v) is 5.71.